The largest absolute Gasteiger partial charge is 0.409 e. The van der Waals surface area contributed by atoms with Gasteiger partial charge in [-0.3, -0.25) is 0 Å². The van der Waals surface area contributed by atoms with Crippen molar-refractivity contribution in [3.8, 4) is 0 Å². The quantitative estimate of drug-likeness (QED) is 0.388. The highest BCUT2D eigenvalue weighted by Gasteiger charge is 2.12. The highest BCUT2D eigenvalue weighted by Crippen LogP contribution is 2.23. The Morgan fingerprint density at radius 2 is 2.21 bits per heavy atom. The molecule has 1 heterocycles. The Bertz CT molecular complexity index is 594. The molecule has 0 aliphatic heterocycles. The minimum absolute atomic E-state index is 0.114. The first-order valence-electron chi connectivity index (χ1n) is 5.80. The van der Waals surface area contributed by atoms with Gasteiger partial charge in [-0.05, 0) is 19.1 Å². The highest BCUT2D eigenvalue weighted by molar-refractivity contribution is 7.09. The zero-order valence-electron chi connectivity index (χ0n) is 10.9. The molecule has 5 nitrogen and oxygen atoms in total. The first kappa shape index (κ1) is 13.4. The molecule has 0 spiro atoms. The Kier molecular flexibility index (Phi) is 4.01. The smallest absolute Gasteiger partial charge is 0.172 e. The fraction of sp³-hybridized carbons (Fsp3) is 0.231. The summed E-state index contributed by atoms with van der Waals surface area (Å²) in [6, 6.07) is 7.58. The van der Waals surface area contributed by atoms with Gasteiger partial charge in [-0.1, -0.05) is 17.3 Å². The molecule has 3 N–H and O–H groups in total. The van der Waals surface area contributed by atoms with Crippen LogP contribution in [0.1, 0.15) is 16.1 Å². The molecule has 19 heavy (non-hydrogen) atoms. The fourth-order valence-electron chi connectivity index (χ4n) is 1.86. The van der Waals surface area contributed by atoms with Crippen molar-refractivity contribution in [3.05, 3.63) is 45.9 Å². The summed E-state index contributed by atoms with van der Waals surface area (Å²) < 4.78 is 0. The number of hydrogen-bond acceptors (Lipinski definition) is 5. The Morgan fingerprint density at radius 3 is 2.84 bits per heavy atom. The molecule has 1 aromatic carbocycles. The molecule has 0 bridgehead atoms. The maximum Gasteiger partial charge on any atom is 0.172 e. The van der Waals surface area contributed by atoms with Crippen molar-refractivity contribution >= 4 is 22.9 Å². The van der Waals surface area contributed by atoms with Crippen LogP contribution >= 0.6 is 11.3 Å². The van der Waals surface area contributed by atoms with E-state index in [1.165, 1.54) is 4.88 Å². The third kappa shape index (κ3) is 2.85. The van der Waals surface area contributed by atoms with Gasteiger partial charge in [0.1, 0.15) is 0 Å². The maximum absolute atomic E-state index is 8.83. The minimum Gasteiger partial charge on any atom is -0.409 e. The zero-order valence-corrected chi connectivity index (χ0v) is 11.7. The Labute approximate surface area is 116 Å². The van der Waals surface area contributed by atoms with Crippen molar-refractivity contribution in [2.45, 2.75) is 13.5 Å². The Hall–Kier alpha value is -2.08. The highest BCUT2D eigenvalue weighted by atomic mass is 32.1. The summed E-state index contributed by atoms with van der Waals surface area (Å²) in [6.07, 6.45) is 0. The number of benzene rings is 1. The van der Waals surface area contributed by atoms with Crippen molar-refractivity contribution in [1.82, 2.24) is 4.98 Å². The number of aromatic nitrogens is 1. The molecule has 0 fully saturated rings. The van der Waals surface area contributed by atoms with Gasteiger partial charge in [-0.15, -0.1) is 11.3 Å². The van der Waals surface area contributed by atoms with E-state index >= 15 is 0 Å². The van der Waals surface area contributed by atoms with E-state index < -0.39 is 0 Å². The molecule has 0 aliphatic carbocycles. The van der Waals surface area contributed by atoms with Crippen molar-refractivity contribution in [3.63, 3.8) is 0 Å². The summed E-state index contributed by atoms with van der Waals surface area (Å²) in [6.45, 7) is 2.74. The molecule has 0 atom stereocenters. The summed E-state index contributed by atoms with van der Waals surface area (Å²) in [5, 5.41) is 11.9. The van der Waals surface area contributed by atoms with E-state index in [2.05, 4.69) is 15.0 Å². The van der Waals surface area contributed by atoms with E-state index in [0.717, 1.165) is 23.5 Å². The predicted octanol–water partition coefficient (Wildman–Crippen LogP) is 2.18. The number of nitrogens with two attached hydrogens (primary N) is 1. The summed E-state index contributed by atoms with van der Waals surface area (Å²) in [5.74, 6) is 0.114. The van der Waals surface area contributed by atoms with Crippen LogP contribution in [0.25, 0.3) is 0 Å². The number of thiazole rings is 1. The van der Waals surface area contributed by atoms with Crippen molar-refractivity contribution in [2.24, 2.45) is 10.9 Å². The van der Waals surface area contributed by atoms with Crippen LogP contribution in [0.4, 0.5) is 5.69 Å². The van der Waals surface area contributed by atoms with Crippen LogP contribution in [0.15, 0.2) is 34.9 Å². The lowest BCUT2D eigenvalue weighted by molar-refractivity contribution is 0.318. The second-order valence-corrected chi connectivity index (χ2v) is 5.16. The number of anilines is 1. The van der Waals surface area contributed by atoms with Crippen LogP contribution in [-0.2, 0) is 6.54 Å². The first-order chi connectivity index (χ1) is 9.13. The SMILES string of the molecule is Cc1ncsc1CN(C)c1ccccc1C(N)=NO. The molecule has 2 rings (SSSR count). The third-order valence-electron chi connectivity index (χ3n) is 2.92. The Balaban J connectivity index is 2.29. The van der Waals surface area contributed by atoms with Gasteiger partial charge in [-0.25, -0.2) is 4.98 Å². The number of hydrogen-bond donors (Lipinski definition) is 2. The first-order valence-corrected chi connectivity index (χ1v) is 6.68. The number of aryl methyl sites for hydroxylation is 1. The number of para-hydroxylation sites is 1. The fourth-order valence-corrected chi connectivity index (χ4v) is 2.69. The van der Waals surface area contributed by atoms with Crippen molar-refractivity contribution in [2.75, 3.05) is 11.9 Å². The molecule has 0 saturated heterocycles. The molecule has 6 heteroatoms. The van der Waals surface area contributed by atoms with Gasteiger partial charge in [0.15, 0.2) is 5.84 Å². The van der Waals surface area contributed by atoms with Gasteiger partial charge in [0.05, 0.1) is 17.7 Å². The van der Waals surface area contributed by atoms with Crippen LogP contribution in [0.3, 0.4) is 0 Å². The molecule has 0 radical (unpaired) electrons. The molecule has 0 saturated carbocycles. The van der Waals surface area contributed by atoms with Gasteiger partial charge in [-0.2, -0.15) is 0 Å². The van der Waals surface area contributed by atoms with Gasteiger partial charge in [0.2, 0.25) is 0 Å². The second kappa shape index (κ2) is 5.71. The average molecular weight is 276 g/mol. The zero-order chi connectivity index (χ0) is 13.8. The van der Waals surface area contributed by atoms with Gasteiger partial charge >= 0.3 is 0 Å². The number of oxime groups is 1. The van der Waals surface area contributed by atoms with E-state index in [9.17, 15) is 0 Å². The van der Waals surface area contributed by atoms with Gasteiger partial charge in [0.25, 0.3) is 0 Å². The summed E-state index contributed by atoms with van der Waals surface area (Å²) in [4.78, 5) is 7.51. The number of nitrogens with zero attached hydrogens (tertiary/aromatic N) is 3. The lowest BCUT2D eigenvalue weighted by atomic mass is 10.1. The van der Waals surface area contributed by atoms with E-state index in [1.807, 2.05) is 43.7 Å². The molecular weight excluding hydrogens is 260 g/mol. The average Bonchev–Trinajstić information content (AvgIpc) is 2.83. The molecule has 2 aromatic rings. The van der Waals surface area contributed by atoms with E-state index in [0.29, 0.717) is 0 Å². The maximum atomic E-state index is 8.83. The van der Waals surface area contributed by atoms with Gasteiger partial charge in [0, 0.05) is 23.2 Å². The predicted molar refractivity (Wildman–Crippen MR) is 77.9 cm³/mol. The molecular formula is C13H16N4OS. The Morgan fingerprint density at radius 1 is 1.47 bits per heavy atom. The molecule has 0 amide bonds. The monoisotopic (exact) mass is 276 g/mol. The number of rotatable bonds is 4. The summed E-state index contributed by atoms with van der Waals surface area (Å²) >= 11 is 1.63. The van der Waals surface area contributed by atoms with Crippen LogP contribution in [0.2, 0.25) is 0 Å². The number of amidine groups is 1. The van der Waals surface area contributed by atoms with E-state index in [-0.39, 0.29) is 5.84 Å². The van der Waals surface area contributed by atoms with Crippen LogP contribution in [0.5, 0.6) is 0 Å². The lowest BCUT2D eigenvalue weighted by Gasteiger charge is -2.21. The van der Waals surface area contributed by atoms with E-state index in [4.69, 9.17) is 10.9 Å². The topological polar surface area (TPSA) is 74.7 Å². The molecule has 0 unspecified atom stereocenters. The molecule has 0 aliphatic rings. The normalized spacial score (nSPS) is 11.6. The molecule has 100 valence electrons. The minimum atomic E-state index is 0.114. The van der Waals surface area contributed by atoms with Crippen LogP contribution in [-0.4, -0.2) is 23.1 Å². The lowest BCUT2D eigenvalue weighted by Crippen LogP contribution is -2.22. The summed E-state index contributed by atoms with van der Waals surface area (Å²) in [7, 11) is 1.97. The van der Waals surface area contributed by atoms with Crippen molar-refractivity contribution in [1.29, 1.82) is 0 Å². The van der Waals surface area contributed by atoms with Crippen LogP contribution in [0, 0.1) is 6.92 Å². The standard InChI is InChI=1S/C13H16N4OS/c1-9-12(19-8-15-9)7-17(2)11-6-4-3-5-10(11)13(14)16-18/h3-6,8,18H,7H2,1-2H3,(H2,14,16). The van der Waals surface area contributed by atoms with Gasteiger partial charge < -0.3 is 15.8 Å². The van der Waals surface area contributed by atoms with E-state index in [1.54, 1.807) is 11.3 Å². The van der Waals surface area contributed by atoms with Crippen molar-refractivity contribution < 1.29 is 5.21 Å². The second-order valence-electron chi connectivity index (χ2n) is 4.22. The summed E-state index contributed by atoms with van der Waals surface area (Å²) in [5.41, 5.74) is 10.2. The van der Waals surface area contributed by atoms with Crippen LogP contribution < -0.4 is 10.6 Å². The third-order valence-corrected chi connectivity index (χ3v) is 3.84. The molecule has 1 aromatic heterocycles.